The molecule has 0 saturated carbocycles. The van der Waals surface area contributed by atoms with E-state index in [9.17, 15) is 4.79 Å². The summed E-state index contributed by atoms with van der Waals surface area (Å²) in [5.41, 5.74) is 1.56. The SMILES string of the molecule is CN(C)C(CNC(=O)c1csc(-c2ccsc2)n1)c1cccs1. The number of hydrogen-bond acceptors (Lipinski definition) is 6. The van der Waals surface area contributed by atoms with Gasteiger partial charge in [-0.25, -0.2) is 4.98 Å². The molecule has 0 aliphatic rings. The van der Waals surface area contributed by atoms with Crippen molar-refractivity contribution in [3.8, 4) is 10.6 Å². The molecular weight excluding hydrogens is 346 g/mol. The summed E-state index contributed by atoms with van der Waals surface area (Å²) in [6.07, 6.45) is 0. The van der Waals surface area contributed by atoms with Crippen LogP contribution in [0, 0.1) is 0 Å². The molecule has 0 aliphatic heterocycles. The Hall–Kier alpha value is -1.54. The molecule has 3 rings (SSSR count). The van der Waals surface area contributed by atoms with Crippen LogP contribution in [0.3, 0.4) is 0 Å². The molecule has 0 saturated heterocycles. The van der Waals surface area contributed by atoms with Crippen molar-refractivity contribution in [1.29, 1.82) is 0 Å². The highest BCUT2D eigenvalue weighted by atomic mass is 32.1. The van der Waals surface area contributed by atoms with Crippen molar-refractivity contribution < 1.29 is 4.79 Å². The second kappa shape index (κ2) is 7.35. The van der Waals surface area contributed by atoms with Crippen molar-refractivity contribution in [3.05, 3.63) is 50.3 Å². The summed E-state index contributed by atoms with van der Waals surface area (Å²) in [6.45, 7) is 0.567. The van der Waals surface area contributed by atoms with E-state index in [2.05, 4.69) is 26.6 Å². The fourth-order valence-corrected chi connectivity index (χ4v) is 4.63. The Bertz CT molecular complexity index is 747. The molecule has 0 spiro atoms. The lowest BCUT2D eigenvalue weighted by molar-refractivity contribution is 0.0938. The number of aromatic nitrogens is 1. The average molecular weight is 364 g/mol. The van der Waals surface area contributed by atoms with Gasteiger partial charge in [-0.1, -0.05) is 6.07 Å². The van der Waals surface area contributed by atoms with Gasteiger partial charge in [0.15, 0.2) is 0 Å². The van der Waals surface area contributed by atoms with E-state index in [1.165, 1.54) is 16.2 Å². The Morgan fingerprint density at radius 2 is 2.13 bits per heavy atom. The van der Waals surface area contributed by atoms with E-state index in [1.807, 2.05) is 42.4 Å². The standard InChI is InChI=1S/C16H17N3OS3/c1-19(2)13(14-4-3-6-22-14)8-17-15(20)12-10-23-16(18-12)11-5-7-21-9-11/h3-7,9-10,13H,8H2,1-2H3,(H,17,20). The van der Waals surface area contributed by atoms with Crippen LogP contribution in [-0.4, -0.2) is 36.4 Å². The van der Waals surface area contributed by atoms with Crippen molar-refractivity contribution in [2.24, 2.45) is 0 Å². The summed E-state index contributed by atoms with van der Waals surface area (Å²) in [4.78, 5) is 20.1. The van der Waals surface area contributed by atoms with Gasteiger partial charge in [0.2, 0.25) is 0 Å². The number of hydrogen-bond donors (Lipinski definition) is 1. The summed E-state index contributed by atoms with van der Waals surface area (Å²) in [5, 5.41) is 11.8. The topological polar surface area (TPSA) is 45.2 Å². The summed E-state index contributed by atoms with van der Waals surface area (Å²) in [6, 6.07) is 6.32. The maximum atomic E-state index is 12.3. The molecule has 3 aromatic rings. The van der Waals surface area contributed by atoms with E-state index in [0.29, 0.717) is 12.2 Å². The van der Waals surface area contributed by atoms with Gasteiger partial charge in [-0.3, -0.25) is 4.79 Å². The maximum absolute atomic E-state index is 12.3. The third kappa shape index (κ3) is 3.87. The molecule has 0 aliphatic carbocycles. The van der Waals surface area contributed by atoms with Gasteiger partial charge in [-0.15, -0.1) is 22.7 Å². The first-order valence-electron chi connectivity index (χ1n) is 7.11. The lowest BCUT2D eigenvalue weighted by Crippen LogP contribution is -2.34. The molecule has 3 aromatic heterocycles. The second-order valence-corrected chi connectivity index (χ2v) is 7.87. The van der Waals surface area contributed by atoms with Crippen LogP contribution in [0.25, 0.3) is 10.6 Å². The fraction of sp³-hybridized carbons (Fsp3) is 0.250. The van der Waals surface area contributed by atoms with Crippen molar-refractivity contribution in [3.63, 3.8) is 0 Å². The predicted molar refractivity (Wildman–Crippen MR) is 98.5 cm³/mol. The van der Waals surface area contributed by atoms with E-state index in [0.717, 1.165) is 10.6 Å². The number of thiophene rings is 2. The number of amides is 1. The zero-order valence-corrected chi connectivity index (χ0v) is 15.3. The molecule has 1 amide bonds. The molecule has 7 heteroatoms. The molecule has 3 heterocycles. The summed E-state index contributed by atoms with van der Waals surface area (Å²) in [7, 11) is 4.04. The molecule has 0 fully saturated rings. The minimum absolute atomic E-state index is 0.119. The maximum Gasteiger partial charge on any atom is 0.270 e. The van der Waals surface area contributed by atoms with Crippen molar-refractivity contribution >= 4 is 39.9 Å². The van der Waals surface area contributed by atoms with Crippen LogP contribution in [-0.2, 0) is 0 Å². The summed E-state index contributed by atoms with van der Waals surface area (Å²) in [5.74, 6) is -0.119. The van der Waals surface area contributed by atoms with Crippen LogP contribution >= 0.6 is 34.0 Å². The van der Waals surface area contributed by atoms with E-state index in [-0.39, 0.29) is 11.9 Å². The Balaban J connectivity index is 1.65. The van der Waals surface area contributed by atoms with Crippen LogP contribution in [0.2, 0.25) is 0 Å². The zero-order chi connectivity index (χ0) is 16.2. The Kier molecular flexibility index (Phi) is 5.22. The normalized spacial score (nSPS) is 12.5. The highest BCUT2D eigenvalue weighted by Gasteiger charge is 2.18. The molecular formula is C16H17N3OS3. The molecule has 1 unspecified atom stereocenters. The molecule has 0 aromatic carbocycles. The van der Waals surface area contributed by atoms with E-state index < -0.39 is 0 Å². The van der Waals surface area contributed by atoms with E-state index in [1.54, 1.807) is 22.7 Å². The minimum atomic E-state index is -0.119. The fourth-order valence-electron chi connectivity index (χ4n) is 2.20. The van der Waals surface area contributed by atoms with Gasteiger partial charge in [0, 0.05) is 27.7 Å². The summed E-state index contributed by atoms with van der Waals surface area (Å²) >= 11 is 4.83. The molecule has 4 nitrogen and oxygen atoms in total. The Morgan fingerprint density at radius 1 is 1.26 bits per heavy atom. The van der Waals surface area contributed by atoms with Crippen molar-refractivity contribution in [1.82, 2.24) is 15.2 Å². The first-order chi connectivity index (χ1) is 11.1. The molecule has 0 bridgehead atoms. The second-order valence-electron chi connectivity index (χ2n) is 5.25. The van der Waals surface area contributed by atoms with Crippen LogP contribution in [0.1, 0.15) is 21.4 Å². The smallest absolute Gasteiger partial charge is 0.270 e. The predicted octanol–water partition coefficient (Wildman–Crippen LogP) is 3.97. The lowest BCUT2D eigenvalue weighted by atomic mass is 10.2. The number of carbonyl (C=O) groups excluding carboxylic acids is 1. The zero-order valence-electron chi connectivity index (χ0n) is 12.9. The molecule has 23 heavy (non-hydrogen) atoms. The highest BCUT2D eigenvalue weighted by Crippen LogP contribution is 2.26. The largest absolute Gasteiger partial charge is 0.349 e. The third-order valence-corrected chi connectivity index (χ3v) is 6.00. The van der Waals surface area contributed by atoms with Crippen LogP contribution in [0.4, 0.5) is 0 Å². The van der Waals surface area contributed by atoms with Crippen LogP contribution in [0.5, 0.6) is 0 Å². The minimum Gasteiger partial charge on any atom is -0.349 e. The highest BCUT2D eigenvalue weighted by molar-refractivity contribution is 7.14. The van der Waals surface area contributed by atoms with Crippen molar-refractivity contribution in [2.75, 3.05) is 20.6 Å². The van der Waals surface area contributed by atoms with Gasteiger partial charge in [0.05, 0.1) is 6.04 Å². The van der Waals surface area contributed by atoms with Gasteiger partial charge in [0.1, 0.15) is 10.7 Å². The molecule has 1 N–H and O–H groups in total. The average Bonchev–Trinajstić information content (AvgIpc) is 3.27. The van der Waals surface area contributed by atoms with Crippen molar-refractivity contribution in [2.45, 2.75) is 6.04 Å². The number of thiazole rings is 1. The Morgan fingerprint density at radius 3 is 2.78 bits per heavy atom. The van der Waals surface area contributed by atoms with Crippen LogP contribution in [0.15, 0.2) is 39.7 Å². The van der Waals surface area contributed by atoms with Gasteiger partial charge < -0.3 is 10.2 Å². The quantitative estimate of drug-likeness (QED) is 0.721. The van der Waals surface area contributed by atoms with Gasteiger partial charge in [0.25, 0.3) is 5.91 Å². The molecule has 0 radical (unpaired) electrons. The molecule has 1 atom stereocenters. The number of nitrogens with zero attached hydrogens (tertiary/aromatic N) is 2. The van der Waals surface area contributed by atoms with E-state index in [4.69, 9.17) is 0 Å². The van der Waals surface area contributed by atoms with Gasteiger partial charge in [-0.2, -0.15) is 11.3 Å². The van der Waals surface area contributed by atoms with Gasteiger partial charge >= 0.3 is 0 Å². The number of carbonyl (C=O) groups is 1. The van der Waals surface area contributed by atoms with Crippen LogP contribution < -0.4 is 5.32 Å². The number of likely N-dealkylation sites (N-methyl/N-ethyl adjacent to an activating group) is 1. The lowest BCUT2D eigenvalue weighted by Gasteiger charge is -2.23. The number of nitrogens with one attached hydrogen (secondary N) is 1. The first kappa shape index (κ1) is 16.3. The summed E-state index contributed by atoms with van der Waals surface area (Å²) < 4.78 is 0. The third-order valence-electron chi connectivity index (χ3n) is 3.46. The monoisotopic (exact) mass is 363 g/mol. The first-order valence-corrected chi connectivity index (χ1v) is 9.81. The Labute approximate surface area is 147 Å². The van der Waals surface area contributed by atoms with Gasteiger partial charge in [-0.05, 0) is 37.0 Å². The van der Waals surface area contributed by atoms with E-state index >= 15 is 0 Å². The molecule has 120 valence electrons. The number of rotatable bonds is 6.